The second-order valence-corrected chi connectivity index (χ2v) is 6.22. The molecule has 0 spiro atoms. The number of hydrogen-bond acceptors (Lipinski definition) is 3. The summed E-state index contributed by atoms with van der Waals surface area (Å²) in [5.41, 5.74) is 5.50. The Morgan fingerprint density at radius 2 is 2.05 bits per heavy atom. The van der Waals surface area contributed by atoms with E-state index in [-0.39, 0.29) is 11.3 Å². The van der Waals surface area contributed by atoms with Crippen LogP contribution in [0.2, 0.25) is 0 Å². The number of carbonyl (C=O) groups excluding carboxylic acids is 1. The maximum atomic E-state index is 12.5. The summed E-state index contributed by atoms with van der Waals surface area (Å²) in [5.74, 6) is 0.177. The fourth-order valence-electron chi connectivity index (χ4n) is 3.65. The summed E-state index contributed by atoms with van der Waals surface area (Å²) in [6.45, 7) is 6.98. The Balaban J connectivity index is 1.91. The van der Waals surface area contributed by atoms with Crippen molar-refractivity contribution in [2.75, 3.05) is 19.6 Å². The molecule has 2 rings (SSSR count). The maximum absolute atomic E-state index is 12.5. The molecule has 0 aromatic heterocycles. The van der Waals surface area contributed by atoms with Crippen LogP contribution in [0.1, 0.15) is 52.4 Å². The molecule has 4 heteroatoms. The van der Waals surface area contributed by atoms with Crippen molar-refractivity contribution in [3.05, 3.63) is 0 Å². The average Bonchev–Trinajstić information content (AvgIpc) is 2.89. The molecule has 110 valence electrons. The van der Waals surface area contributed by atoms with E-state index in [1.54, 1.807) is 0 Å². The van der Waals surface area contributed by atoms with Crippen LogP contribution in [-0.4, -0.2) is 42.5 Å². The van der Waals surface area contributed by atoms with Crippen molar-refractivity contribution in [3.63, 3.8) is 0 Å². The summed E-state index contributed by atoms with van der Waals surface area (Å²) >= 11 is 0. The molecule has 0 aromatic rings. The molecule has 2 saturated heterocycles. The molecule has 0 aromatic carbocycles. The van der Waals surface area contributed by atoms with Crippen LogP contribution in [0.25, 0.3) is 0 Å². The van der Waals surface area contributed by atoms with Crippen LogP contribution in [-0.2, 0) is 4.79 Å². The number of rotatable bonds is 5. The van der Waals surface area contributed by atoms with E-state index < -0.39 is 0 Å². The van der Waals surface area contributed by atoms with Crippen molar-refractivity contribution < 1.29 is 4.79 Å². The third-order valence-corrected chi connectivity index (χ3v) is 5.38. The first kappa shape index (κ1) is 14.8. The molecule has 0 radical (unpaired) electrons. The lowest BCUT2D eigenvalue weighted by atomic mass is 9.81. The minimum atomic E-state index is -0.354. The van der Waals surface area contributed by atoms with E-state index in [0.717, 1.165) is 32.2 Å². The highest BCUT2D eigenvalue weighted by Gasteiger charge is 2.37. The molecule has 2 atom stereocenters. The summed E-state index contributed by atoms with van der Waals surface area (Å²) in [6.07, 6.45) is 6.50. The smallest absolute Gasteiger partial charge is 0.227 e. The number of nitrogens with zero attached hydrogens (tertiary/aromatic N) is 1. The Morgan fingerprint density at radius 1 is 1.32 bits per heavy atom. The molecule has 2 aliphatic heterocycles. The number of nitrogens with two attached hydrogens (primary N) is 1. The molecule has 3 N–H and O–H groups in total. The summed E-state index contributed by atoms with van der Waals surface area (Å²) in [7, 11) is 0. The second kappa shape index (κ2) is 6.23. The SMILES string of the molecule is CCC(CC)(CN)C(=O)NC1CCN2CCCC2C1. The number of fused-ring (bicyclic) bond motifs is 1. The quantitative estimate of drug-likeness (QED) is 0.793. The lowest BCUT2D eigenvalue weighted by Gasteiger charge is -2.37. The van der Waals surface area contributed by atoms with Gasteiger partial charge in [-0.25, -0.2) is 0 Å². The topological polar surface area (TPSA) is 58.4 Å². The molecule has 2 unspecified atom stereocenters. The fourth-order valence-corrected chi connectivity index (χ4v) is 3.65. The van der Waals surface area contributed by atoms with Crippen LogP contribution in [0.5, 0.6) is 0 Å². The second-order valence-electron chi connectivity index (χ2n) is 6.22. The van der Waals surface area contributed by atoms with Crippen molar-refractivity contribution >= 4 is 5.91 Å². The van der Waals surface area contributed by atoms with Crippen molar-refractivity contribution in [2.45, 2.75) is 64.5 Å². The molecule has 2 fully saturated rings. The van der Waals surface area contributed by atoms with Crippen molar-refractivity contribution in [3.8, 4) is 0 Å². The first-order valence-electron chi connectivity index (χ1n) is 7.90. The van der Waals surface area contributed by atoms with Crippen molar-refractivity contribution in [1.29, 1.82) is 0 Å². The zero-order valence-corrected chi connectivity index (χ0v) is 12.5. The van der Waals surface area contributed by atoms with Crippen LogP contribution in [0.4, 0.5) is 0 Å². The highest BCUT2D eigenvalue weighted by molar-refractivity contribution is 5.83. The van der Waals surface area contributed by atoms with Crippen LogP contribution < -0.4 is 11.1 Å². The van der Waals surface area contributed by atoms with Gasteiger partial charge in [0, 0.05) is 25.2 Å². The summed E-state index contributed by atoms with van der Waals surface area (Å²) < 4.78 is 0. The highest BCUT2D eigenvalue weighted by Crippen LogP contribution is 2.29. The lowest BCUT2D eigenvalue weighted by Crippen LogP contribution is -2.52. The van der Waals surface area contributed by atoms with E-state index in [4.69, 9.17) is 5.73 Å². The largest absolute Gasteiger partial charge is 0.353 e. The maximum Gasteiger partial charge on any atom is 0.227 e. The van der Waals surface area contributed by atoms with E-state index in [0.29, 0.717) is 18.6 Å². The predicted molar refractivity (Wildman–Crippen MR) is 77.8 cm³/mol. The normalized spacial score (nSPS) is 28.2. The average molecular weight is 267 g/mol. The van der Waals surface area contributed by atoms with Gasteiger partial charge >= 0.3 is 0 Å². The van der Waals surface area contributed by atoms with Gasteiger partial charge in [-0.05, 0) is 45.1 Å². The summed E-state index contributed by atoms with van der Waals surface area (Å²) in [4.78, 5) is 15.1. The zero-order chi connectivity index (χ0) is 13.9. The van der Waals surface area contributed by atoms with Gasteiger partial charge in [-0.15, -0.1) is 0 Å². The van der Waals surface area contributed by atoms with Crippen molar-refractivity contribution in [2.24, 2.45) is 11.1 Å². The van der Waals surface area contributed by atoms with Crippen LogP contribution in [0.15, 0.2) is 0 Å². The van der Waals surface area contributed by atoms with E-state index in [1.807, 2.05) is 0 Å². The number of nitrogens with one attached hydrogen (secondary N) is 1. The van der Waals surface area contributed by atoms with Crippen LogP contribution in [0.3, 0.4) is 0 Å². The van der Waals surface area contributed by atoms with E-state index in [2.05, 4.69) is 24.1 Å². The van der Waals surface area contributed by atoms with Crippen LogP contribution >= 0.6 is 0 Å². The zero-order valence-electron chi connectivity index (χ0n) is 12.5. The number of hydrogen-bond donors (Lipinski definition) is 2. The number of amides is 1. The molecule has 0 saturated carbocycles. The van der Waals surface area contributed by atoms with Gasteiger partial charge in [-0.3, -0.25) is 4.79 Å². The number of piperidine rings is 1. The number of carbonyl (C=O) groups is 1. The molecule has 0 bridgehead atoms. The molecule has 19 heavy (non-hydrogen) atoms. The Morgan fingerprint density at radius 3 is 2.68 bits per heavy atom. The van der Waals surface area contributed by atoms with Gasteiger partial charge in [0.15, 0.2) is 0 Å². The molecule has 0 aliphatic carbocycles. The van der Waals surface area contributed by atoms with Gasteiger partial charge in [-0.1, -0.05) is 13.8 Å². The monoisotopic (exact) mass is 267 g/mol. The van der Waals surface area contributed by atoms with E-state index in [9.17, 15) is 4.79 Å². The highest BCUT2D eigenvalue weighted by atomic mass is 16.2. The predicted octanol–water partition coefficient (Wildman–Crippen LogP) is 1.49. The van der Waals surface area contributed by atoms with Crippen LogP contribution in [0, 0.1) is 5.41 Å². The summed E-state index contributed by atoms with van der Waals surface area (Å²) in [6, 6.07) is 1.06. The van der Waals surface area contributed by atoms with Gasteiger partial charge < -0.3 is 16.0 Å². The molecular weight excluding hydrogens is 238 g/mol. The third kappa shape index (κ3) is 2.95. The third-order valence-electron chi connectivity index (χ3n) is 5.38. The minimum Gasteiger partial charge on any atom is -0.353 e. The fraction of sp³-hybridized carbons (Fsp3) is 0.933. The Kier molecular flexibility index (Phi) is 4.85. The summed E-state index contributed by atoms with van der Waals surface area (Å²) in [5, 5.41) is 3.28. The lowest BCUT2D eigenvalue weighted by molar-refractivity contribution is -0.132. The van der Waals surface area contributed by atoms with Gasteiger partial charge in [0.05, 0.1) is 5.41 Å². The molecule has 2 aliphatic rings. The Bertz CT molecular complexity index is 306. The Hall–Kier alpha value is -0.610. The standard InChI is InChI=1S/C15H29N3O/c1-3-15(4-2,11-16)14(19)17-12-7-9-18-8-5-6-13(18)10-12/h12-13H,3-11,16H2,1-2H3,(H,17,19). The molecule has 2 heterocycles. The van der Waals surface area contributed by atoms with E-state index >= 15 is 0 Å². The van der Waals surface area contributed by atoms with E-state index in [1.165, 1.54) is 19.4 Å². The molecule has 4 nitrogen and oxygen atoms in total. The van der Waals surface area contributed by atoms with Gasteiger partial charge in [0.1, 0.15) is 0 Å². The molecular formula is C15H29N3O. The van der Waals surface area contributed by atoms with Gasteiger partial charge in [-0.2, -0.15) is 0 Å². The Labute approximate surface area is 117 Å². The van der Waals surface area contributed by atoms with Crippen molar-refractivity contribution in [1.82, 2.24) is 10.2 Å². The first-order valence-corrected chi connectivity index (χ1v) is 7.90. The van der Waals surface area contributed by atoms with Gasteiger partial charge in [0.2, 0.25) is 5.91 Å². The molecule has 1 amide bonds. The van der Waals surface area contributed by atoms with Gasteiger partial charge in [0.25, 0.3) is 0 Å². The first-order chi connectivity index (χ1) is 9.15. The minimum absolute atomic E-state index is 0.177.